The third-order valence-electron chi connectivity index (χ3n) is 5.34. The van der Waals surface area contributed by atoms with Crippen LogP contribution in [0.1, 0.15) is 11.1 Å². The molecule has 0 radical (unpaired) electrons. The number of benzene rings is 3. The van der Waals surface area contributed by atoms with Crippen LogP contribution >= 0.6 is 0 Å². The summed E-state index contributed by atoms with van der Waals surface area (Å²) in [7, 11) is 4.02. The average molecular weight is 444 g/mol. The molecular weight excluding hydrogens is 414 g/mol. The van der Waals surface area contributed by atoms with E-state index in [1.165, 1.54) is 5.56 Å². The van der Waals surface area contributed by atoms with Gasteiger partial charge in [0, 0.05) is 18.9 Å². The highest BCUT2D eigenvalue weighted by molar-refractivity contribution is 5.40. The number of imidazole rings is 1. The molecule has 1 aromatic heterocycles. The van der Waals surface area contributed by atoms with E-state index in [9.17, 15) is 4.79 Å². The van der Waals surface area contributed by atoms with E-state index in [2.05, 4.69) is 36.1 Å². The predicted octanol–water partition coefficient (Wildman–Crippen LogP) is 4.46. The predicted molar refractivity (Wildman–Crippen MR) is 131 cm³/mol. The van der Waals surface area contributed by atoms with Crippen LogP contribution < -0.4 is 15.2 Å². The topological polar surface area (TPSA) is 48.6 Å². The van der Waals surface area contributed by atoms with Crippen LogP contribution in [0.25, 0.3) is 11.4 Å². The van der Waals surface area contributed by atoms with Crippen molar-refractivity contribution in [3.63, 3.8) is 0 Å². The van der Waals surface area contributed by atoms with Gasteiger partial charge in [0.1, 0.15) is 24.7 Å². The van der Waals surface area contributed by atoms with Gasteiger partial charge >= 0.3 is 5.69 Å². The maximum Gasteiger partial charge on any atom is 0.337 e. The number of likely N-dealkylation sites (N-methyl/N-ethyl adjacent to an activating group) is 1. The quantitative estimate of drug-likeness (QED) is 0.383. The van der Waals surface area contributed by atoms with E-state index >= 15 is 0 Å². The summed E-state index contributed by atoms with van der Waals surface area (Å²) < 4.78 is 14.8. The smallest absolute Gasteiger partial charge is 0.337 e. The van der Waals surface area contributed by atoms with Crippen molar-refractivity contribution in [2.45, 2.75) is 13.5 Å². The van der Waals surface area contributed by atoms with Crippen LogP contribution in [0, 0.1) is 6.92 Å². The largest absolute Gasteiger partial charge is 0.492 e. The first-order valence-corrected chi connectivity index (χ1v) is 11.0. The summed E-state index contributed by atoms with van der Waals surface area (Å²) >= 11 is 0. The fourth-order valence-electron chi connectivity index (χ4n) is 3.37. The standard InChI is InChI=1S/C27H29N3O3/c1-21-4-6-22(7-5-21)20-33-26-14-10-24(11-15-26)30-17-16-29(27(30)31)23-8-12-25(13-9-23)32-19-18-28(2)3/h4-17H,18-20H2,1-3H3. The molecule has 33 heavy (non-hydrogen) atoms. The van der Waals surface area contributed by atoms with Crippen molar-refractivity contribution in [3.05, 3.63) is 107 Å². The van der Waals surface area contributed by atoms with E-state index in [1.54, 1.807) is 21.5 Å². The molecule has 0 saturated heterocycles. The van der Waals surface area contributed by atoms with E-state index in [4.69, 9.17) is 9.47 Å². The summed E-state index contributed by atoms with van der Waals surface area (Å²) in [5, 5.41) is 0. The first kappa shape index (κ1) is 22.4. The molecular formula is C27H29N3O3. The average Bonchev–Trinajstić information content (AvgIpc) is 3.20. The van der Waals surface area contributed by atoms with E-state index in [1.807, 2.05) is 62.6 Å². The molecule has 3 aromatic carbocycles. The number of aromatic nitrogens is 2. The molecule has 4 rings (SSSR count). The fraction of sp³-hybridized carbons (Fsp3) is 0.222. The summed E-state index contributed by atoms with van der Waals surface area (Å²) in [5.41, 5.74) is 3.78. The van der Waals surface area contributed by atoms with Gasteiger partial charge in [-0.15, -0.1) is 0 Å². The van der Waals surface area contributed by atoms with E-state index < -0.39 is 0 Å². The van der Waals surface area contributed by atoms with Crippen molar-refractivity contribution in [2.75, 3.05) is 27.2 Å². The van der Waals surface area contributed by atoms with Gasteiger partial charge < -0.3 is 14.4 Å². The number of hydrogen-bond donors (Lipinski definition) is 0. The second-order valence-corrected chi connectivity index (χ2v) is 8.23. The Morgan fingerprint density at radius 2 is 1.24 bits per heavy atom. The molecule has 170 valence electrons. The molecule has 0 atom stereocenters. The van der Waals surface area contributed by atoms with Crippen molar-refractivity contribution < 1.29 is 9.47 Å². The summed E-state index contributed by atoms with van der Waals surface area (Å²) in [5.74, 6) is 1.55. The van der Waals surface area contributed by atoms with Gasteiger partial charge in [-0.05, 0) is 75.1 Å². The van der Waals surface area contributed by atoms with Gasteiger partial charge in [0.2, 0.25) is 0 Å². The molecule has 0 aliphatic carbocycles. The Bertz CT molecular complexity index is 1220. The zero-order chi connectivity index (χ0) is 23.2. The van der Waals surface area contributed by atoms with Crippen LogP contribution in [0.3, 0.4) is 0 Å². The number of ether oxygens (including phenoxy) is 2. The number of rotatable bonds is 9. The number of aryl methyl sites for hydroxylation is 1. The van der Waals surface area contributed by atoms with Gasteiger partial charge in [0.15, 0.2) is 0 Å². The minimum Gasteiger partial charge on any atom is -0.492 e. The third kappa shape index (κ3) is 5.73. The lowest BCUT2D eigenvalue weighted by Crippen LogP contribution is -2.21. The lowest BCUT2D eigenvalue weighted by Gasteiger charge is -2.11. The Hall–Kier alpha value is -3.77. The minimum atomic E-state index is -0.135. The van der Waals surface area contributed by atoms with E-state index in [0.717, 1.165) is 35.0 Å². The highest BCUT2D eigenvalue weighted by Crippen LogP contribution is 2.18. The van der Waals surface area contributed by atoms with Crippen molar-refractivity contribution >= 4 is 0 Å². The van der Waals surface area contributed by atoms with E-state index in [0.29, 0.717) is 13.2 Å². The molecule has 0 unspecified atom stereocenters. The monoisotopic (exact) mass is 443 g/mol. The molecule has 0 N–H and O–H groups in total. The van der Waals surface area contributed by atoms with Gasteiger partial charge in [-0.1, -0.05) is 29.8 Å². The molecule has 0 saturated carbocycles. The zero-order valence-corrected chi connectivity index (χ0v) is 19.3. The molecule has 0 aliphatic rings. The SMILES string of the molecule is Cc1ccc(COc2ccc(-n3ccn(-c4ccc(OCCN(C)C)cc4)c3=O)cc2)cc1. The Morgan fingerprint density at radius 3 is 1.76 bits per heavy atom. The third-order valence-corrected chi connectivity index (χ3v) is 5.34. The normalized spacial score (nSPS) is 11.0. The lowest BCUT2D eigenvalue weighted by molar-refractivity contribution is 0.261. The van der Waals surface area contributed by atoms with Crippen molar-refractivity contribution in [1.82, 2.24) is 14.0 Å². The minimum absolute atomic E-state index is 0.135. The lowest BCUT2D eigenvalue weighted by atomic mass is 10.2. The Labute approximate surface area is 194 Å². The molecule has 4 aromatic rings. The van der Waals surface area contributed by atoms with Gasteiger partial charge in [0.05, 0.1) is 11.4 Å². The highest BCUT2D eigenvalue weighted by Gasteiger charge is 2.08. The molecule has 0 fully saturated rings. The van der Waals surface area contributed by atoms with Gasteiger partial charge in [-0.2, -0.15) is 0 Å². The second-order valence-electron chi connectivity index (χ2n) is 8.23. The zero-order valence-electron chi connectivity index (χ0n) is 19.3. The van der Waals surface area contributed by atoms with Crippen molar-refractivity contribution in [1.29, 1.82) is 0 Å². The molecule has 1 heterocycles. The first-order chi connectivity index (χ1) is 16.0. The molecule has 0 amide bonds. The molecule has 0 spiro atoms. The van der Waals surface area contributed by atoms with Crippen LogP contribution in [0.15, 0.2) is 90.0 Å². The number of nitrogens with zero attached hydrogens (tertiary/aromatic N) is 3. The second kappa shape index (κ2) is 10.2. The Kier molecular flexibility index (Phi) is 6.95. The maximum absolute atomic E-state index is 13.0. The summed E-state index contributed by atoms with van der Waals surface area (Å²) in [6.45, 7) is 4.04. The van der Waals surface area contributed by atoms with Crippen LogP contribution in [-0.4, -0.2) is 41.3 Å². The van der Waals surface area contributed by atoms with Crippen LogP contribution in [-0.2, 0) is 6.61 Å². The van der Waals surface area contributed by atoms with Gasteiger partial charge in [-0.3, -0.25) is 9.13 Å². The van der Waals surface area contributed by atoms with Crippen LogP contribution in [0.5, 0.6) is 11.5 Å². The molecule has 0 aliphatic heterocycles. The molecule has 6 heteroatoms. The number of hydrogen-bond acceptors (Lipinski definition) is 4. The molecule has 0 bridgehead atoms. The molecule has 6 nitrogen and oxygen atoms in total. The summed E-state index contributed by atoms with van der Waals surface area (Å²) in [6, 6.07) is 23.4. The summed E-state index contributed by atoms with van der Waals surface area (Å²) in [6.07, 6.45) is 3.54. The Morgan fingerprint density at radius 1 is 0.727 bits per heavy atom. The highest BCUT2D eigenvalue weighted by atomic mass is 16.5. The van der Waals surface area contributed by atoms with E-state index in [-0.39, 0.29) is 5.69 Å². The van der Waals surface area contributed by atoms with Crippen LogP contribution in [0.4, 0.5) is 0 Å². The summed E-state index contributed by atoms with van der Waals surface area (Å²) in [4.78, 5) is 15.1. The van der Waals surface area contributed by atoms with Crippen LogP contribution in [0.2, 0.25) is 0 Å². The first-order valence-electron chi connectivity index (χ1n) is 11.0. The van der Waals surface area contributed by atoms with Gasteiger partial charge in [0.25, 0.3) is 0 Å². The van der Waals surface area contributed by atoms with Crippen molar-refractivity contribution in [2.24, 2.45) is 0 Å². The van der Waals surface area contributed by atoms with Gasteiger partial charge in [-0.25, -0.2) is 4.79 Å². The fourth-order valence-corrected chi connectivity index (χ4v) is 3.37. The van der Waals surface area contributed by atoms with Crippen molar-refractivity contribution in [3.8, 4) is 22.9 Å². The Balaban J connectivity index is 1.41. The maximum atomic E-state index is 13.0.